The van der Waals surface area contributed by atoms with E-state index in [0.29, 0.717) is 24.7 Å². The van der Waals surface area contributed by atoms with E-state index in [-0.39, 0.29) is 17.4 Å². The van der Waals surface area contributed by atoms with Crippen molar-refractivity contribution >= 4 is 11.7 Å². The number of aromatic nitrogens is 2. The van der Waals surface area contributed by atoms with Crippen LogP contribution < -0.4 is 14.8 Å². The second kappa shape index (κ2) is 10.7. The highest BCUT2D eigenvalue weighted by Gasteiger charge is 2.07. The predicted molar refractivity (Wildman–Crippen MR) is 117 cm³/mol. The molecule has 1 heterocycles. The summed E-state index contributed by atoms with van der Waals surface area (Å²) in [5.74, 6) is 2.19. The number of nitriles is 1. The summed E-state index contributed by atoms with van der Waals surface area (Å²) in [6.45, 7) is 2.10. The third-order valence-corrected chi connectivity index (χ3v) is 4.57. The molecule has 0 unspecified atom stereocenters. The lowest BCUT2D eigenvalue weighted by atomic mass is 10.1. The Labute approximate surface area is 181 Å². The highest BCUT2D eigenvalue weighted by Crippen LogP contribution is 2.22. The first-order chi connectivity index (χ1) is 15.1. The zero-order valence-electron chi connectivity index (χ0n) is 17.6. The second-order valence-electron chi connectivity index (χ2n) is 7.03. The Hall–Kier alpha value is -3.92. The van der Waals surface area contributed by atoms with Gasteiger partial charge in [0.05, 0.1) is 7.11 Å². The number of nitrogens with one attached hydrogen (secondary N) is 1. The third-order valence-electron chi connectivity index (χ3n) is 4.57. The van der Waals surface area contributed by atoms with Crippen LogP contribution in [0.15, 0.2) is 54.6 Å². The maximum absolute atomic E-state index is 11.1. The summed E-state index contributed by atoms with van der Waals surface area (Å²) >= 11 is 0. The van der Waals surface area contributed by atoms with Crippen molar-refractivity contribution in [3.63, 3.8) is 0 Å². The smallest absolute Gasteiger partial charge is 0.227 e. The molecule has 0 radical (unpaired) electrons. The summed E-state index contributed by atoms with van der Waals surface area (Å²) in [6.07, 6.45) is 2.25. The first-order valence-corrected chi connectivity index (χ1v) is 9.98. The zero-order chi connectivity index (χ0) is 22.1. The first-order valence-electron chi connectivity index (χ1n) is 9.98. The number of carbonyl (C=O) groups is 1. The van der Waals surface area contributed by atoms with Crippen LogP contribution in [0.2, 0.25) is 0 Å². The fourth-order valence-corrected chi connectivity index (χ4v) is 2.92. The number of hydrogen-bond donors (Lipinski definition) is 1. The summed E-state index contributed by atoms with van der Waals surface area (Å²) in [6, 6.07) is 18.8. The van der Waals surface area contributed by atoms with E-state index < -0.39 is 0 Å². The molecule has 0 saturated carbocycles. The lowest BCUT2D eigenvalue weighted by Gasteiger charge is -2.10. The molecule has 0 spiro atoms. The Bertz CT molecular complexity index is 1060. The zero-order valence-corrected chi connectivity index (χ0v) is 17.6. The van der Waals surface area contributed by atoms with E-state index >= 15 is 0 Å². The van der Waals surface area contributed by atoms with Crippen LogP contribution >= 0.6 is 0 Å². The highest BCUT2D eigenvalue weighted by atomic mass is 16.5. The van der Waals surface area contributed by atoms with Crippen LogP contribution in [-0.4, -0.2) is 22.9 Å². The van der Waals surface area contributed by atoms with Crippen LogP contribution in [0.4, 0.5) is 5.95 Å². The van der Waals surface area contributed by atoms with Gasteiger partial charge in [0.2, 0.25) is 11.8 Å². The van der Waals surface area contributed by atoms with E-state index in [0.717, 1.165) is 29.7 Å². The number of carbonyl (C=O) groups excluding carboxylic acids is 1. The number of anilines is 1. The molecule has 1 N–H and O–H groups in total. The molecule has 158 valence electrons. The van der Waals surface area contributed by atoms with Crippen LogP contribution in [0.5, 0.6) is 17.4 Å². The number of ketones is 1. The van der Waals surface area contributed by atoms with E-state index in [1.807, 2.05) is 54.6 Å². The molecule has 0 aliphatic heterocycles. The SMILES string of the molecule is COc1ccc(CNc2nc(C#N)cc(Oc3ccc(CCCC(C)=O)cc3)n2)cc1. The van der Waals surface area contributed by atoms with Gasteiger partial charge in [-0.1, -0.05) is 24.3 Å². The molecule has 3 rings (SSSR count). The van der Waals surface area contributed by atoms with E-state index in [1.165, 1.54) is 6.07 Å². The normalized spacial score (nSPS) is 10.2. The van der Waals surface area contributed by atoms with Crippen molar-refractivity contribution in [3.8, 4) is 23.4 Å². The van der Waals surface area contributed by atoms with Crippen LogP contribution in [0, 0.1) is 11.3 Å². The van der Waals surface area contributed by atoms with Gasteiger partial charge in [-0.05, 0) is 55.2 Å². The molecule has 1 aromatic heterocycles. The molecule has 0 fully saturated rings. The van der Waals surface area contributed by atoms with E-state index in [4.69, 9.17) is 9.47 Å². The molecule has 0 aliphatic carbocycles. The maximum atomic E-state index is 11.1. The molecule has 0 aliphatic rings. The van der Waals surface area contributed by atoms with Crippen molar-refractivity contribution in [2.75, 3.05) is 12.4 Å². The molecular weight excluding hydrogens is 392 g/mol. The quantitative estimate of drug-likeness (QED) is 0.513. The molecule has 0 saturated heterocycles. The molecule has 0 amide bonds. The summed E-state index contributed by atoms with van der Waals surface area (Å²) < 4.78 is 11.0. The number of benzene rings is 2. The van der Waals surface area contributed by atoms with Gasteiger partial charge in [-0.25, -0.2) is 4.98 Å². The number of rotatable bonds is 10. The molecule has 2 aromatic carbocycles. The maximum Gasteiger partial charge on any atom is 0.227 e. The van der Waals surface area contributed by atoms with Gasteiger partial charge in [0, 0.05) is 19.0 Å². The number of hydrogen-bond acceptors (Lipinski definition) is 7. The Morgan fingerprint density at radius 1 is 1.03 bits per heavy atom. The highest BCUT2D eigenvalue weighted by molar-refractivity contribution is 5.75. The van der Waals surface area contributed by atoms with E-state index in [1.54, 1.807) is 14.0 Å². The number of aryl methyl sites for hydroxylation is 1. The summed E-state index contributed by atoms with van der Waals surface area (Å²) in [5.41, 5.74) is 2.37. The molecule has 3 aromatic rings. The molecule has 7 nitrogen and oxygen atoms in total. The fraction of sp³-hybridized carbons (Fsp3) is 0.250. The van der Waals surface area contributed by atoms with Gasteiger partial charge < -0.3 is 19.6 Å². The van der Waals surface area contributed by atoms with Crippen molar-refractivity contribution in [2.45, 2.75) is 32.7 Å². The molecule has 0 bridgehead atoms. The Morgan fingerprint density at radius 2 is 1.71 bits per heavy atom. The Balaban J connectivity index is 1.64. The second-order valence-corrected chi connectivity index (χ2v) is 7.03. The average Bonchev–Trinajstić information content (AvgIpc) is 2.79. The number of ether oxygens (including phenoxy) is 2. The van der Waals surface area contributed by atoms with Gasteiger partial charge in [-0.15, -0.1) is 0 Å². The van der Waals surface area contributed by atoms with E-state index in [9.17, 15) is 10.1 Å². The van der Waals surface area contributed by atoms with Crippen LogP contribution in [0.3, 0.4) is 0 Å². The summed E-state index contributed by atoms with van der Waals surface area (Å²) in [4.78, 5) is 19.6. The topological polar surface area (TPSA) is 97.1 Å². The summed E-state index contributed by atoms with van der Waals surface area (Å²) in [7, 11) is 1.62. The lowest BCUT2D eigenvalue weighted by Crippen LogP contribution is -2.05. The van der Waals surface area contributed by atoms with Crippen molar-refractivity contribution in [2.24, 2.45) is 0 Å². The van der Waals surface area contributed by atoms with Crippen molar-refractivity contribution in [1.29, 1.82) is 5.26 Å². The van der Waals surface area contributed by atoms with E-state index in [2.05, 4.69) is 15.3 Å². The minimum absolute atomic E-state index is 0.202. The minimum atomic E-state index is 0.202. The molecular formula is C24H24N4O3. The molecule has 7 heteroatoms. The molecule has 31 heavy (non-hydrogen) atoms. The standard InChI is InChI=1S/C24H24N4O3/c1-17(29)4-3-5-18-6-12-22(13-7-18)31-23-14-20(15-25)27-24(28-23)26-16-19-8-10-21(30-2)11-9-19/h6-14H,3-5,16H2,1-2H3,(H,26,27,28). The van der Waals surface area contributed by atoms with Gasteiger partial charge in [0.1, 0.15) is 29.0 Å². The first kappa shape index (κ1) is 21.8. The van der Waals surface area contributed by atoms with Gasteiger partial charge in [-0.3, -0.25) is 0 Å². The van der Waals surface area contributed by atoms with Crippen LogP contribution in [0.1, 0.15) is 36.6 Å². The molecule has 0 atom stereocenters. The van der Waals surface area contributed by atoms with Crippen LogP contribution in [-0.2, 0) is 17.8 Å². The number of methoxy groups -OCH3 is 1. The number of nitrogens with zero attached hydrogens (tertiary/aromatic N) is 3. The Kier molecular flexibility index (Phi) is 7.55. The van der Waals surface area contributed by atoms with Gasteiger partial charge in [-0.2, -0.15) is 10.2 Å². The average molecular weight is 416 g/mol. The Morgan fingerprint density at radius 3 is 2.35 bits per heavy atom. The third kappa shape index (κ3) is 6.82. The van der Waals surface area contributed by atoms with Crippen LogP contribution in [0.25, 0.3) is 0 Å². The van der Waals surface area contributed by atoms with Crippen molar-refractivity contribution in [1.82, 2.24) is 9.97 Å². The fourth-order valence-electron chi connectivity index (χ4n) is 2.92. The van der Waals surface area contributed by atoms with Gasteiger partial charge >= 0.3 is 0 Å². The lowest BCUT2D eigenvalue weighted by molar-refractivity contribution is -0.117. The monoisotopic (exact) mass is 416 g/mol. The largest absolute Gasteiger partial charge is 0.497 e. The minimum Gasteiger partial charge on any atom is -0.497 e. The number of Topliss-reactive ketones (excluding diaryl/α,β-unsaturated/α-hetero) is 1. The van der Waals surface area contributed by atoms with Crippen molar-refractivity contribution in [3.05, 3.63) is 71.4 Å². The predicted octanol–water partition coefficient (Wildman–Crippen LogP) is 4.67. The van der Waals surface area contributed by atoms with Crippen molar-refractivity contribution < 1.29 is 14.3 Å². The van der Waals surface area contributed by atoms with Gasteiger partial charge in [0.15, 0.2) is 0 Å². The summed E-state index contributed by atoms with van der Waals surface area (Å²) in [5, 5.41) is 12.4. The van der Waals surface area contributed by atoms with Gasteiger partial charge in [0.25, 0.3) is 0 Å².